The molecule has 4 heteroatoms. The Balaban J connectivity index is 1.73. The summed E-state index contributed by atoms with van der Waals surface area (Å²) < 4.78 is 0. The molecule has 0 aromatic carbocycles. The van der Waals surface area contributed by atoms with Crippen molar-refractivity contribution in [3.63, 3.8) is 0 Å². The second-order valence-corrected chi connectivity index (χ2v) is 4.94. The quantitative estimate of drug-likeness (QED) is 0.828. The molecular formula is C14H24N4. The minimum absolute atomic E-state index is 0.773. The highest BCUT2D eigenvalue weighted by molar-refractivity contribution is 5.08. The first-order chi connectivity index (χ1) is 8.88. The summed E-state index contributed by atoms with van der Waals surface area (Å²) in [5.74, 6) is 0. The molecule has 2 heterocycles. The van der Waals surface area contributed by atoms with Gasteiger partial charge in [-0.2, -0.15) is 0 Å². The standard InChI is InChI=1S/C14H24N4/c15-5-10-18-8-2-7-17(11-12-18)9-4-14-3-1-6-16-13-14/h1,3,6,13H,2,4-5,7-12,15H2. The van der Waals surface area contributed by atoms with Gasteiger partial charge in [0.05, 0.1) is 0 Å². The van der Waals surface area contributed by atoms with Crippen LogP contribution in [0.15, 0.2) is 24.5 Å². The van der Waals surface area contributed by atoms with Crippen LogP contribution in [-0.2, 0) is 6.42 Å². The van der Waals surface area contributed by atoms with Crippen LogP contribution in [0.4, 0.5) is 0 Å². The molecule has 1 aromatic heterocycles. The number of nitrogens with zero attached hydrogens (tertiary/aromatic N) is 3. The summed E-state index contributed by atoms with van der Waals surface area (Å²) in [7, 11) is 0. The van der Waals surface area contributed by atoms with Gasteiger partial charge >= 0.3 is 0 Å². The Morgan fingerprint density at radius 1 is 1.11 bits per heavy atom. The van der Waals surface area contributed by atoms with E-state index in [4.69, 9.17) is 5.73 Å². The predicted molar refractivity (Wildman–Crippen MR) is 74.5 cm³/mol. The summed E-state index contributed by atoms with van der Waals surface area (Å²) in [6.45, 7) is 7.68. The van der Waals surface area contributed by atoms with E-state index in [1.807, 2.05) is 18.5 Å². The van der Waals surface area contributed by atoms with Crippen molar-refractivity contribution in [3.8, 4) is 0 Å². The van der Waals surface area contributed by atoms with Gasteiger partial charge in [0.25, 0.3) is 0 Å². The summed E-state index contributed by atoms with van der Waals surface area (Å²) >= 11 is 0. The van der Waals surface area contributed by atoms with Gasteiger partial charge in [-0.3, -0.25) is 4.98 Å². The number of rotatable bonds is 5. The first-order valence-corrected chi connectivity index (χ1v) is 6.92. The van der Waals surface area contributed by atoms with Crippen LogP contribution >= 0.6 is 0 Å². The molecule has 0 saturated carbocycles. The van der Waals surface area contributed by atoms with Gasteiger partial charge in [-0.15, -0.1) is 0 Å². The van der Waals surface area contributed by atoms with E-state index in [0.717, 1.165) is 32.6 Å². The van der Waals surface area contributed by atoms with Crippen molar-refractivity contribution in [3.05, 3.63) is 30.1 Å². The highest BCUT2D eigenvalue weighted by Crippen LogP contribution is 2.05. The normalized spacial score (nSPS) is 18.7. The highest BCUT2D eigenvalue weighted by atomic mass is 15.2. The van der Waals surface area contributed by atoms with Crippen LogP contribution in [0.2, 0.25) is 0 Å². The average Bonchev–Trinajstić information content (AvgIpc) is 2.64. The minimum atomic E-state index is 0.773. The van der Waals surface area contributed by atoms with Crippen molar-refractivity contribution >= 4 is 0 Å². The van der Waals surface area contributed by atoms with E-state index in [0.29, 0.717) is 0 Å². The fraction of sp³-hybridized carbons (Fsp3) is 0.643. The van der Waals surface area contributed by atoms with Crippen LogP contribution < -0.4 is 5.73 Å². The van der Waals surface area contributed by atoms with Crippen molar-refractivity contribution < 1.29 is 0 Å². The minimum Gasteiger partial charge on any atom is -0.329 e. The van der Waals surface area contributed by atoms with Gasteiger partial charge in [0.2, 0.25) is 0 Å². The third-order valence-electron chi connectivity index (χ3n) is 3.57. The monoisotopic (exact) mass is 248 g/mol. The van der Waals surface area contributed by atoms with Gasteiger partial charge in [-0.25, -0.2) is 0 Å². The summed E-state index contributed by atoms with van der Waals surface area (Å²) in [4.78, 5) is 9.20. The van der Waals surface area contributed by atoms with Gasteiger partial charge in [0.15, 0.2) is 0 Å². The molecule has 2 N–H and O–H groups in total. The molecule has 4 nitrogen and oxygen atoms in total. The van der Waals surface area contributed by atoms with Gasteiger partial charge in [-0.1, -0.05) is 6.07 Å². The summed E-state index contributed by atoms with van der Waals surface area (Å²) in [6, 6.07) is 4.17. The number of hydrogen-bond donors (Lipinski definition) is 1. The van der Waals surface area contributed by atoms with Gasteiger partial charge < -0.3 is 15.5 Å². The lowest BCUT2D eigenvalue weighted by atomic mass is 10.2. The molecule has 0 radical (unpaired) electrons. The number of hydrogen-bond acceptors (Lipinski definition) is 4. The molecule has 0 unspecified atom stereocenters. The Morgan fingerprint density at radius 3 is 2.56 bits per heavy atom. The third kappa shape index (κ3) is 4.37. The molecule has 0 spiro atoms. The Hall–Kier alpha value is -0.970. The van der Waals surface area contributed by atoms with Crippen LogP contribution in [0, 0.1) is 0 Å². The summed E-state index contributed by atoms with van der Waals surface area (Å²) in [5, 5.41) is 0. The maximum absolute atomic E-state index is 5.62. The fourth-order valence-electron chi connectivity index (χ4n) is 2.49. The smallest absolute Gasteiger partial charge is 0.0300 e. The van der Waals surface area contributed by atoms with E-state index >= 15 is 0 Å². The first-order valence-electron chi connectivity index (χ1n) is 6.92. The van der Waals surface area contributed by atoms with Gasteiger partial charge in [0, 0.05) is 45.1 Å². The summed E-state index contributed by atoms with van der Waals surface area (Å²) in [6.07, 6.45) is 6.16. The Bertz CT molecular complexity index is 328. The lowest BCUT2D eigenvalue weighted by Gasteiger charge is -2.21. The fourth-order valence-corrected chi connectivity index (χ4v) is 2.49. The molecule has 0 amide bonds. The molecule has 1 saturated heterocycles. The van der Waals surface area contributed by atoms with Crippen LogP contribution in [0.1, 0.15) is 12.0 Å². The second-order valence-electron chi connectivity index (χ2n) is 4.94. The van der Waals surface area contributed by atoms with Crippen molar-refractivity contribution in [2.24, 2.45) is 5.73 Å². The summed E-state index contributed by atoms with van der Waals surface area (Å²) in [5.41, 5.74) is 6.95. The van der Waals surface area contributed by atoms with Crippen LogP contribution in [0.25, 0.3) is 0 Å². The maximum atomic E-state index is 5.62. The second kappa shape index (κ2) is 7.46. The molecule has 1 fully saturated rings. The van der Waals surface area contributed by atoms with E-state index in [1.165, 1.54) is 31.6 Å². The Kier molecular flexibility index (Phi) is 5.58. The zero-order chi connectivity index (χ0) is 12.6. The SMILES string of the molecule is NCCN1CCCN(CCc2cccnc2)CC1. The zero-order valence-corrected chi connectivity index (χ0v) is 11.1. The van der Waals surface area contributed by atoms with Crippen molar-refractivity contribution in [1.82, 2.24) is 14.8 Å². The number of pyridine rings is 1. The largest absolute Gasteiger partial charge is 0.329 e. The van der Waals surface area contributed by atoms with Crippen molar-refractivity contribution in [2.75, 3.05) is 45.8 Å². The van der Waals surface area contributed by atoms with Gasteiger partial charge in [-0.05, 0) is 37.6 Å². The zero-order valence-electron chi connectivity index (χ0n) is 11.1. The van der Waals surface area contributed by atoms with Crippen LogP contribution in [-0.4, -0.2) is 60.6 Å². The van der Waals surface area contributed by atoms with E-state index < -0.39 is 0 Å². The first kappa shape index (κ1) is 13.5. The molecule has 1 aromatic rings. The van der Waals surface area contributed by atoms with Crippen molar-refractivity contribution in [1.29, 1.82) is 0 Å². The Labute approximate surface area is 110 Å². The van der Waals surface area contributed by atoms with Crippen molar-refractivity contribution in [2.45, 2.75) is 12.8 Å². The number of aromatic nitrogens is 1. The average molecular weight is 248 g/mol. The molecule has 100 valence electrons. The predicted octanol–water partition coefficient (Wildman–Crippen LogP) is 0.591. The van der Waals surface area contributed by atoms with E-state index in [2.05, 4.69) is 20.9 Å². The number of nitrogens with two attached hydrogens (primary N) is 1. The molecule has 0 atom stereocenters. The van der Waals surface area contributed by atoms with E-state index in [-0.39, 0.29) is 0 Å². The molecule has 2 rings (SSSR count). The highest BCUT2D eigenvalue weighted by Gasteiger charge is 2.13. The maximum Gasteiger partial charge on any atom is 0.0300 e. The van der Waals surface area contributed by atoms with Gasteiger partial charge in [0.1, 0.15) is 0 Å². The molecule has 1 aliphatic heterocycles. The Morgan fingerprint density at radius 2 is 1.89 bits per heavy atom. The lowest BCUT2D eigenvalue weighted by Crippen LogP contribution is -2.34. The lowest BCUT2D eigenvalue weighted by molar-refractivity contribution is 0.262. The molecule has 18 heavy (non-hydrogen) atoms. The molecular weight excluding hydrogens is 224 g/mol. The third-order valence-corrected chi connectivity index (χ3v) is 3.57. The topological polar surface area (TPSA) is 45.4 Å². The molecule has 0 aliphatic carbocycles. The van der Waals surface area contributed by atoms with Crippen LogP contribution in [0.3, 0.4) is 0 Å². The molecule has 0 bridgehead atoms. The molecule has 1 aliphatic rings. The van der Waals surface area contributed by atoms with E-state index in [1.54, 1.807) is 0 Å². The van der Waals surface area contributed by atoms with Crippen LogP contribution in [0.5, 0.6) is 0 Å². The van der Waals surface area contributed by atoms with E-state index in [9.17, 15) is 0 Å².